The summed E-state index contributed by atoms with van der Waals surface area (Å²) in [4.78, 5) is 0. The minimum absolute atomic E-state index is 0.202. The molecule has 0 N–H and O–H groups in total. The first-order valence-corrected chi connectivity index (χ1v) is 7.74. The summed E-state index contributed by atoms with van der Waals surface area (Å²) in [6.07, 6.45) is 2.08. The first kappa shape index (κ1) is 14.4. The Bertz CT molecular complexity index is 303. The maximum Gasteiger partial charge on any atom is 0.508 e. The Hall–Kier alpha value is -0.683. The van der Waals surface area contributed by atoms with Crippen molar-refractivity contribution in [1.82, 2.24) is 0 Å². The van der Waals surface area contributed by atoms with Crippen LogP contribution in [0.2, 0.25) is 0 Å². The second-order valence-electron chi connectivity index (χ2n) is 3.97. The SMILES string of the molecule is CCCC(c1ccccc1)[Si](OC)(OC)OC. The Kier molecular flexibility index (Phi) is 5.84. The Morgan fingerprint density at radius 3 is 1.94 bits per heavy atom. The van der Waals surface area contributed by atoms with E-state index in [0.29, 0.717) is 0 Å². The molecule has 1 rings (SSSR count). The first-order valence-electron chi connectivity index (χ1n) is 5.94. The molecule has 0 aliphatic rings. The maximum atomic E-state index is 5.60. The molecular weight excluding hydrogens is 232 g/mol. The van der Waals surface area contributed by atoms with E-state index in [1.807, 2.05) is 18.2 Å². The van der Waals surface area contributed by atoms with Crippen LogP contribution in [0.25, 0.3) is 0 Å². The van der Waals surface area contributed by atoms with Gasteiger partial charge in [-0.3, -0.25) is 0 Å². The van der Waals surface area contributed by atoms with Crippen molar-refractivity contribution in [3.05, 3.63) is 35.9 Å². The van der Waals surface area contributed by atoms with Crippen molar-refractivity contribution in [3.8, 4) is 0 Å². The molecule has 0 aliphatic heterocycles. The largest absolute Gasteiger partial charge is 0.508 e. The lowest BCUT2D eigenvalue weighted by Crippen LogP contribution is -2.49. The molecule has 0 saturated carbocycles. The second kappa shape index (κ2) is 6.91. The Morgan fingerprint density at radius 2 is 1.53 bits per heavy atom. The van der Waals surface area contributed by atoms with Gasteiger partial charge in [-0.25, -0.2) is 0 Å². The van der Waals surface area contributed by atoms with E-state index >= 15 is 0 Å². The van der Waals surface area contributed by atoms with Crippen LogP contribution in [0.5, 0.6) is 0 Å². The molecule has 0 saturated heterocycles. The van der Waals surface area contributed by atoms with E-state index in [0.717, 1.165) is 12.8 Å². The fourth-order valence-corrected chi connectivity index (χ4v) is 4.79. The predicted octanol–water partition coefficient (Wildman–Crippen LogP) is 2.99. The Balaban J connectivity index is 3.07. The van der Waals surface area contributed by atoms with Crippen molar-refractivity contribution in [1.29, 1.82) is 0 Å². The molecule has 0 amide bonds. The van der Waals surface area contributed by atoms with Gasteiger partial charge in [0.15, 0.2) is 0 Å². The fourth-order valence-electron chi connectivity index (χ4n) is 2.20. The predicted molar refractivity (Wildman–Crippen MR) is 70.9 cm³/mol. The third-order valence-electron chi connectivity index (χ3n) is 3.06. The third-order valence-corrected chi connectivity index (χ3v) is 6.24. The van der Waals surface area contributed by atoms with Gasteiger partial charge in [0.1, 0.15) is 0 Å². The average molecular weight is 254 g/mol. The van der Waals surface area contributed by atoms with Crippen LogP contribution >= 0.6 is 0 Å². The molecule has 0 fully saturated rings. The Labute approximate surface area is 105 Å². The van der Waals surface area contributed by atoms with Crippen LogP contribution in [-0.2, 0) is 13.3 Å². The molecule has 1 unspecified atom stereocenters. The minimum Gasteiger partial charge on any atom is -0.376 e. The number of hydrogen-bond donors (Lipinski definition) is 0. The van der Waals surface area contributed by atoms with Gasteiger partial charge in [0, 0.05) is 21.3 Å². The smallest absolute Gasteiger partial charge is 0.376 e. The van der Waals surface area contributed by atoms with Crippen LogP contribution in [-0.4, -0.2) is 30.1 Å². The van der Waals surface area contributed by atoms with Crippen molar-refractivity contribution in [2.45, 2.75) is 25.3 Å². The van der Waals surface area contributed by atoms with E-state index in [1.54, 1.807) is 21.3 Å². The molecule has 0 aliphatic carbocycles. The summed E-state index contributed by atoms with van der Waals surface area (Å²) < 4.78 is 16.8. The highest BCUT2D eigenvalue weighted by atomic mass is 28.4. The monoisotopic (exact) mass is 254 g/mol. The van der Waals surface area contributed by atoms with Gasteiger partial charge in [0.05, 0.1) is 5.54 Å². The maximum absolute atomic E-state index is 5.60. The summed E-state index contributed by atoms with van der Waals surface area (Å²) in [6, 6.07) is 10.3. The van der Waals surface area contributed by atoms with Gasteiger partial charge in [0.25, 0.3) is 0 Å². The molecule has 1 atom stereocenters. The van der Waals surface area contributed by atoms with Crippen molar-refractivity contribution in [2.75, 3.05) is 21.3 Å². The molecule has 1 aromatic carbocycles. The van der Waals surface area contributed by atoms with E-state index < -0.39 is 8.80 Å². The summed E-state index contributed by atoms with van der Waals surface area (Å²) in [5.74, 6) is 0. The molecule has 1 aromatic rings. The molecule has 0 bridgehead atoms. The van der Waals surface area contributed by atoms with Crippen molar-refractivity contribution >= 4 is 8.80 Å². The first-order chi connectivity index (χ1) is 8.24. The van der Waals surface area contributed by atoms with Crippen LogP contribution in [0.4, 0.5) is 0 Å². The van der Waals surface area contributed by atoms with Gasteiger partial charge in [-0.1, -0.05) is 43.7 Å². The van der Waals surface area contributed by atoms with E-state index in [-0.39, 0.29) is 5.54 Å². The fraction of sp³-hybridized carbons (Fsp3) is 0.538. The van der Waals surface area contributed by atoms with Gasteiger partial charge >= 0.3 is 8.80 Å². The summed E-state index contributed by atoms with van der Waals surface area (Å²) >= 11 is 0. The van der Waals surface area contributed by atoms with Gasteiger partial charge in [0.2, 0.25) is 0 Å². The summed E-state index contributed by atoms with van der Waals surface area (Å²) in [5.41, 5.74) is 1.43. The van der Waals surface area contributed by atoms with Crippen LogP contribution in [0.1, 0.15) is 30.9 Å². The number of benzene rings is 1. The molecule has 0 aromatic heterocycles. The van der Waals surface area contributed by atoms with E-state index in [1.165, 1.54) is 5.56 Å². The van der Waals surface area contributed by atoms with Crippen LogP contribution in [0.3, 0.4) is 0 Å². The topological polar surface area (TPSA) is 27.7 Å². The van der Waals surface area contributed by atoms with Crippen LogP contribution in [0.15, 0.2) is 30.3 Å². The van der Waals surface area contributed by atoms with E-state index in [2.05, 4.69) is 19.1 Å². The molecule has 0 heterocycles. The number of rotatable bonds is 7. The van der Waals surface area contributed by atoms with Crippen LogP contribution in [0, 0.1) is 0 Å². The quantitative estimate of drug-likeness (QED) is 0.700. The second-order valence-corrected chi connectivity index (χ2v) is 7.10. The highest BCUT2D eigenvalue weighted by Gasteiger charge is 2.47. The molecule has 0 radical (unpaired) electrons. The number of hydrogen-bond acceptors (Lipinski definition) is 3. The summed E-state index contributed by atoms with van der Waals surface area (Å²) in [5, 5.41) is 0. The standard InChI is InChI=1S/C13H22O3Si/c1-5-9-13(12-10-7-6-8-11-12)17(14-2,15-3)16-4/h6-8,10-11,13H,5,9H2,1-4H3. The Morgan fingerprint density at radius 1 is 1.00 bits per heavy atom. The van der Waals surface area contributed by atoms with Gasteiger partial charge in [-0.05, 0) is 12.0 Å². The molecule has 17 heavy (non-hydrogen) atoms. The van der Waals surface area contributed by atoms with E-state index in [4.69, 9.17) is 13.3 Å². The van der Waals surface area contributed by atoms with E-state index in [9.17, 15) is 0 Å². The highest BCUT2D eigenvalue weighted by Crippen LogP contribution is 2.32. The molecule has 96 valence electrons. The lowest BCUT2D eigenvalue weighted by atomic mass is 10.1. The van der Waals surface area contributed by atoms with Gasteiger partial charge in [-0.2, -0.15) is 0 Å². The highest BCUT2D eigenvalue weighted by molar-refractivity contribution is 6.62. The lowest BCUT2D eigenvalue weighted by Gasteiger charge is -2.32. The minimum atomic E-state index is -2.61. The molecule has 4 heteroatoms. The lowest BCUT2D eigenvalue weighted by molar-refractivity contribution is 0.110. The summed E-state index contributed by atoms with van der Waals surface area (Å²) in [6.45, 7) is 2.16. The van der Waals surface area contributed by atoms with Crippen LogP contribution < -0.4 is 0 Å². The summed E-state index contributed by atoms with van der Waals surface area (Å²) in [7, 11) is 2.41. The van der Waals surface area contributed by atoms with Crippen molar-refractivity contribution in [3.63, 3.8) is 0 Å². The van der Waals surface area contributed by atoms with Crippen molar-refractivity contribution in [2.24, 2.45) is 0 Å². The zero-order valence-electron chi connectivity index (χ0n) is 11.1. The van der Waals surface area contributed by atoms with Gasteiger partial charge in [-0.15, -0.1) is 0 Å². The van der Waals surface area contributed by atoms with Crippen molar-refractivity contribution < 1.29 is 13.3 Å². The third kappa shape index (κ3) is 3.16. The molecule has 0 spiro atoms. The average Bonchev–Trinajstić information content (AvgIpc) is 2.41. The normalized spacial score (nSPS) is 13.6. The molecular formula is C13H22O3Si. The van der Waals surface area contributed by atoms with Gasteiger partial charge < -0.3 is 13.3 Å². The zero-order valence-corrected chi connectivity index (χ0v) is 12.1. The molecule has 3 nitrogen and oxygen atoms in total. The zero-order chi connectivity index (χ0) is 12.7.